The molecule has 0 spiro atoms. The van der Waals surface area contributed by atoms with E-state index < -0.39 is 5.60 Å². The fraction of sp³-hybridized carbons (Fsp3) is 0.786. The minimum absolute atomic E-state index is 0.456. The van der Waals surface area contributed by atoms with Crippen molar-refractivity contribution in [3.8, 4) is 0 Å². The zero-order valence-corrected chi connectivity index (χ0v) is 11.8. The summed E-state index contributed by atoms with van der Waals surface area (Å²) in [4.78, 5) is 6.68. The second-order valence-corrected chi connectivity index (χ2v) is 6.01. The summed E-state index contributed by atoms with van der Waals surface area (Å²) in [6.07, 6.45) is 6.72. The highest BCUT2D eigenvalue weighted by molar-refractivity contribution is 5.00. The highest BCUT2D eigenvalue weighted by Gasteiger charge is 2.25. The summed E-state index contributed by atoms with van der Waals surface area (Å²) in [6, 6.07) is 0.456. The third kappa shape index (κ3) is 3.33. The van der Waals surface area contributed by atoms with Gasteiger partial charge in [-0.25, -0.2) is 4.98 Å². The van der Waals surface area contributed by atoms with Crippen LogP contribution in [0.2, 0.25) is 0 Å². The van der Waals surface area contributed by atoms with Crippen molar-refractivity contribution in [1.29, 1.82) is 0 Å². The summed E-state index contributed by atoms with van der Waals surface area (Å²) >= 11 is 0. The number of hydrogen-bond acceptors (Lipinski definition) is 3. The first-order valence-electron chi connectivity index (χ1n) is 6.93. The average Bonchev–Trinajstić information content (AvgIpc) is 2.66. The lowest BCUT2D eigenvalue weighted by Crippen LogP contribution is -2.28. The van der Waals surface area contributed by atoms with Crippen LogP contribution in [0.3, 0.4) is 0 Å². The minimum atomic E-state index is -0.479. The molecule has 1 saturated heterocycles. The van der Waals surface area contributed by atoms with Gasteiger partial charge < -0.3 is 9.67 Å². The molecular formula is C14H25N3O. The molecule has 2 heterocycles. The first-order chi connectivity index (χ1) is 8.48. The van der Waals surface area contributed by atoms with E-state index in [1.807, 2.05) is 19.4 Å². The molecule has 0 saturated carbocycles. The number of hydrogen-bond donors (Lipinski definition) is 1. The highest BCUT2D eigenvalue weighted by atomic mass is 16.3. The van der Waals surface area contributed by atoms with Gasteiger partial charge in [0.25, 0.3) is 0 Å². The Balaban J connectivity index is 1.99. The highest BCUT2D eigenvalue weighted by Crippen LogP contribution is 2.22. The maximum atomic E-state index is 10.1. The Labute approximate surface area is 110 Å². The van der Waals surface area contributed by atoms with E-state index in [9.17, 15) is 5.11 Å². The number of rotatable bonds is 3. The molecule has 102 valence electrons. The maximum absolute atomic E-state index is 10.1. The van der Waals surface area contributed by atoms with Gasteiger partial charge in [-0.15, -0.1) is 0 Å². The van der Waals surface area contributed by atoms with Crippen LogP contribution in [0.25, 0.3) is 0 Å². The normalized spacial score (nSPS) is 26.5. The standard InChI is InChI=1S/C14H25N3O/c1-12(2)17-11-15-9-13(17)10-16-7-4-5-14(3,18)6-8-16/h9,11-12,18H,4-8,10H2,1-3H3. The second kappa shape index (κ2) is 5.41. The molecule has 18 heavy (non-hydrogen) atoms. The van der Waals surface area contributed by atoms with E-state index in [1.165, 1.54) is 5.69 Å². The Kier molecular flexibility index (Phi) is 4.07. The van der Waals surface area contributed by atoms with Crippen LogP contribution in [0.4, 0.5) is 0 Å². The average molecular weight is 251 g/mol. The van der Waals surface area contributed by atoms with Crippen molar-refractivity contribution < 1.29 is 5.11 Å². The predicted molar refractivity (Wildman–Crippen MR) is 72.4 cm³/mol. The maximum Gasteiger partial charge on any atom is 0.0951 e. The van der Waals surface area contributed by atoms with E-state index in [4.69, 9.17) is 0 Å². The molecule has 1 aliphatic rings. The van der Waals surface area contributed by atoms with Gasteiger partial charge in [-0.3, -0.25) is 4.90 Å². The molecule has 4 heteroatoms. The van der Waals surface area contributed by atoms with Crippen LogP contribution in [-0.4, -0.2) is 38.2 Å². The largest absolute Gasteiger partial charge is 0.390 e. The monoisotopic (exact) mass is 251 g/mol. The quantitative estimate of drug-likeness (QED) is 0.895. The molecule has 1 aliphatic heterocycles. The summed E-state index contributed by atoms with van der Waals surface area (Å²) in [5.74, 6) is 0. The summed E-state index contributed by atoms with van der Waals surface area (Å²) in [6.45, 7) is 9.29. The van der Waals surface area contributed by atoms with E-state index in [0.717, 1.165) is 38.9 Å². The zero-order valence-electron chi connectivity index (χ0n) is 11.8. The number of likely N-dealkylation sites (tertiary alicyclic amines) is 1. The van der Waals surface area contributed by atoms with Gasteiger partial charge in [-0.1, -0.05) is 0 Å². The summed E-state index contributed by atoms with van der Waals surface area (Å²) < 4.78 is 2.23. The van der Waals surface area contributed by atoms with Gasteiger partial charge in [0.15, 0.2) is 0 Å². The second-order valence-electron chi connectivity index (χ2n) is 6.01. The van der Waals surface area contributed by atoms with Crippen molar-refractivity contribution >= 4 is 0 Å². The van der Waals surface area contributed by atoms with Gasteiger partial charge in [0, 0.05) is 25.3 Å². The molecule has 1 atom stereocenters. The third-order valence-corrected chi connectivity index (χ3v) is 3.84. The number of imidazole rings is 1. The SMILES string of the molecule is CC(C)n1cncc1CN1CCCC(C)(O)CC1. The fourth-order valence-electron chi connectivity index (χ4n) is 2.63. The van der Waals surface area contributed by atoms with Gasteiger partial charge in [-0.05, 0) is 46.6 Å². The minimum Gasteiger partial charge on any atom is -0.390 e. The molecule has 1 aromatic heterocycles. The van der Waals surface area contributed by atoms with Crippen molar-refractivity contribution in [2.75, 3.05) is 13.1 Å². The zero-order chi connectivity index (χ0) is 13.2. The molecule has 0 bridgehead atoms. The van der Waals surface area contributed by atoms with E-state index in [-0.39, 0.29) is 0 Å². The fourth-order valence-corrected chi connectivity index (χ4v) is 2.63. The van der Waals surface area contributed by atoms with Gasteiger partial charge >= 0.3 is 0 Å². The molecule has 0 amide bonds. The Morgan fingerprint density at radius 2 is 2.17 bits per heavy atom. The first kappa shape index (κ1) is 13.6. The third-order valence-electron chi connectivity index (χ3n) is 3.84. The van der Waals surface area contributed by atoms with Crippen LogP contribution in [0, 0.1) is 0 Å². The van der Waals surface area contributed by atoms with E-state index in [0.29, 0.717) is 6.04 Å². The van der Waals surface area contributed by atoms with Crippen LogP contribution in [0.5, 0.6) is 0 Å². The van der Waals surface area contributed by atoms with Crippen LogP contribution >= 0.6 is 0 Å². The Morgan fingerprint density at radius 3 is 2.89 bits per heavy atom. The summed E-state index contributed by atoms with van der Waals surface area (Å²) in [5, 5.41) is 10.1. The van der Waals surface area contributed by atoms with Crippen LogP contribution in [0.15, 0.2) is 12.5 Å². The predicted octanol–water partition coefficient (Wildman–Crippen LogP) is 2.20. The number of nitrogens with zero attached hydrogens (tertiary/aromatic N) is 3. The molecule has 0 aromatic carbocycles. The van der Waals surface area contributed by atoms with Crippen LogP contribution in [0.1, 0.15) is 51.8 Å². The van der Waals surface area contributed by atoms with Crippen molar-refractivity contribution in [2.24, 2.45) is 0 Å². The Hall–Kier alpha value is -0.870. The molecule has 1 fully saturated rings. The van der Waals surface area contributed by atoms with Gasteiger partial charge in [0.1, 0.15) is 0 Å². The Bertz CT molecular complexity index is 384. The molecule has 2 rings (SSSR count). The number of aromatic nitrogens is 2. The molecular weight excluding hydrogens is 226 g/mol. The van der Waals surface area contributed by atoms with E-state index >= 15 is 0 Å². The molecule has 1 N–H and O–H groups in total. The van der Waals surface area contributed by atoms with Crippen LogP contribution in [-0.2, 0) is 6.54 Å². The van der Waals surface area contributed by atoms with Crippen molar-refractivity contribution in [2.45, 2.75) is 58.2 Å². The van der Waals surface area contributed by atoms with Gasteiger partial charge in [-0.2, -0.15) is 0 Å². The van der Waals surface area contributed by atoms with Crippen molar-refractivity contribution in [1.82, 2.24) is 14.5 Å². The smallest absolute Gasteiger partial charge is 0.0951 e. The van der Waals surface area contributed by atoms with Crippen LogP contribution < -0.4 is 0 Å². The topological polar surface area (TPSA) is 41.3 Å². The summed E-state index contributed by atoms with van der Waals surface area (Å²) in [7, 11) is 0. The van der Waals surface area contributed by atoms with Gasteiger partial charge in [0.2, 0.25) is 0 Å². The molecule has 0 aliphatic carbocycles. The molecule has 0 radical (unpaired) electrons. The van der Waals surface area contributed by atoms with E-state index in [1.54, 1.807) is 0 Å². The molecule has 1 unspecified atom stereocenters. The van der Waals surface area contributed by atoms with Crippen molar-refractivity contribution in [3.63, 3.8) is 0 Å². The van der Waals surface area contributed by atoms with E-state index in [2.05, 4.69) is 28.3 Å². The molecule has 4 nitrogen and oxygen atoms in total. The molecule has 1 aromatic rings. The summed E-state index contributed by atoms with van der Waals surface area (Å²) in [5.41, 5.74) is 0.791. The number of aliphatic hydroxyl groups is 1. The lowest BCUT2D eigenvalue weighted by atomic mass is 9.98. The van der Waals surface area contributed by atoms with Crippen molar-refractivity contribution in [3.05, 3.63) is 18.2 Å². The lowest BCUT2D eigenvalue weighted by molar-refractivity contribution is 0.0443. The van der Waals surface area contributed by atoms with Gasteiger partial charge in [0.05, 0.1) is 17.6 Å². The first-order valence-corrected chi connectivity index (χ1v) is 6.93. The lowest BCUT2D eigenvalue weighted by Gasteiger charge is -2.23. The Morgan fingerprint density at radius 1 is 1.39 bits per heavy atom.